The van der Waals surface area contributed by atoms with Crippen LogP contribution in [0.15, 0.2) is 52.5 Å². The Labute approximate surface area is 196 Å². The molecule has 0 aromatic heterocycles. The first-order chi connectivity index (χ1) is 15.6. The van der Waals surface area contributed by atoms with E-state index in [2.05, 4.69) is 33.0 Å². The highest BCUT2D eigenvalue weighted by Gasteiger charge is 2.24. The zero-order chi connectivity index (χ0) is 22.9. The predicted molar refractivity (Wildman–Crippen MR) is 125 cm³/mol. The third-order valence-electron chi connectivity index (χ3n) is 4.99. The van der Waals surface area contributed by atoms with Crippen LogP contribution in [0.1, 0.15) is 12.5 Å². The van der Waals surface area contributed by atoms with Crippen LogP contribution in [-0.4, -0.2) is 50.2 Å². The number of halogens is 1. The highest BCUT2D eigenvalue weighted by atomic mass is 79.9. The molecule has 0 unspecified atom stereocenters. The third kappa shape index (κ3) is 5.60. The van der Waals surface area contributed by atoms with Crippen molar-refractivity contribution < 1.29 is 14.3 Å². The predicted octanol–water partition coefficient (Wildman–Crippen LogP) is 4.01. The molecule has 0 aliphatic carbocycles. The lowest BCUT2D eigenvalue weighted by Crippen LogP contribution is -2.49. The molecule has 1 amide bonds. The first-order valence-corrected chi connectivity index (χ1v) is 11.0. The second-order valence-corrected chi connectivity index (χ2v) is 7.84. The van der Waals surface area contributed by atoms with Gasteiger partial charge in [-0.25, -0.2) is 0 Å². The first-order valence-electron chi connectivity index (χ1n) is 10.2. The lowest BCUT2D eigenvalue weighted by molar-refractivity contribution is -0.126. The molecular formula is C24H23BrN4O3. The fourth-order valence-electron chi connectivity index (χ4n) is 3.43. The molecule has 3 rings (SSSR count). The van der Waals surface area contributed by atoms with E-state index >= 15 is 0 Å². The van der Waals surface area contributed by atoms with Crippen molar-refractivity contribution in [3.8, 4) is 23.6 Å². The van der Waals surface area contributed by atoms with Crippen LogP contribution in [0.4, 0.5) is 5.69 Å². The normalized spacial score (nSPS) is 13.8. The van der Waals surface area contributed by atoms with Gasteiger partial charge in [0.15, 0.2) is 18.1 Å². The summed E-state index contributed by atoms with van der Waals surface area (Å²) < 4.78 is 11.6. The fourth-order valence-corrected chi connectivity index (χ4v) is 3.86. The van der Waals surface area contributed by atoms with E-state index in [9.17, 15) is 10.1 Å². The van der Waals surface area contributed by atoms with Gasteiger partial charge in [0, 0.05) is 36.3 Å². The summed E-state index contributed by atoms with van der Waals surface area (Å²) in [4.78, 5) is 16.9. The van der Waals surface area contributed by atoms with Crippen molar-refractivity contribution >= 4 is 33.6 Å². The monoisotopic (exact) mass is 494 g/mol. The average Bonchev–Trinajstić information content (AvgIpc) is 2.83. The van der Waals surface area contributed by atoms with Crippen LogP contribution < -0.4 is 14.4 Å². The van der Waals surface area contributed by atoms with E-state index in [1.807, 2.05) is 37.3 Å². The molecule has 0 atom stereocenters. The second kappa shape index (κ2) is 11.2. The number of carbonyl (C=O) groups excluding carboxylic acids is 1. The number of nitriles is 2. The van der Waals surface area contributed by atoms with Crippen LogP contribution in [0.2, 0.25) is 0 Å². The van der Waals surface area contributed by atoms with E-state index in [0.29, 0.717) is 54.3 Å². The number of piperazine rings is 1. The summed E-state index contributed by atoms with van der Waals surface area (Å²) in [6.45, 7) is 4.63. The molecule has 1 heterocycles. The van der Waals surface area contributed by atoms with Crippen molar-refractivity contribution in [1.29, 1.82) is 10.5 Å². The van der Waals surface area contributed by atoms with Crippen LogP contribution in [0.25, 0.3) is 6.08 Å². The molecule has 0 saturated carbocycles. The van der Waals surface area contributed by atoms with Crippen LogP contribution in [0.5, 0.6) is 11.5 Å². The van der Waals surface area contributed by atoms with Crippen molar-refractivity contribution in [2.75, 3.05) is 44.3 Å². The minimum absolute atomic E-state index is 0.0482. The highest BCUT2D eigenvalue weighted by molar-refractivity contribution is 9.10. The number of hydrogen-bond acceptors (Lipinski definition) is 6. The minimum atomic E-state index is -0.296. The highest BCUT2D eigenvalue weighted by Crippen LogP contribution is 2.35. The van der Waals surface area contributed by atoms with Crippen LogP contribution in [-0.2, 0) is 4.79 Å². The maximum absolute atomic E-state index is 13.0. The van der Waals surface area contributed by atoms with Gasteiger partial charge in [-0.2, -0.15) is 10.5 Å². The van der Waals surface area contributed by atoms with E-state index in [4.69, 9.17) is 14.7 Å². The molecule has 2 aromatic carbocycles. The van der Waals surface area contributed by atoms with Crippen molar-refractivity contribution in [1.82, 2.24) is 4.90 Å². The van der Waals surface area contributed by atoms with E-state index in [-0.39, 0.29) is 18.1 Å². The van der Waals surface area contributed by atoms with Gasteiger partial charge in [-0.15, -0.1) is 0 Å². The molecule has 1 aliphatic rings. The van der Waals surface area contributed by atoms with Crippen molar-refractivity contribution in [3.05, 3.63) is 58.1 Å². The molecule has 1 aliphatic heterocycles. The molecule has 0 radical (unpaired) electrons. The van der Waals surface area contributed by atoms with Crippen molar-refractivity contribution in [3.63, 3.8) is 0 Å². The van der Waals surface area contributed by atoms with Crippen molar-refractivity contribution in [2.24, 2.45) is 0 Å². The molecule has 0 N–H and O–H groups in total. The third-order valence-corrected chi connectivity index (χ3v) is 5.68. The summed E-state index contributed by atoms with van der Waals surface area (Å²) in [6, 6.07) is 17.4. The number of benzene rings is 2. The Morgan fingerprint density at radius 2 is 1.78 bits per heavy atom. The van der Waals surface area contributed by atoms with Gasteiger partial charge in [0.1, 0.15) is 17.7 Å². The van der Waals surface area contributed by atoms with Crippen molar-refractivity contribution in [2.45, 2.75) is 6.92 Å². The lowest BCUT2D eigenvalue weighted by atomic mass is 10.1. The molecule has 164 valence electrons. The van der Waals surface area contributed by atoms with Crippen LogP contribution in [0.3, 0.4) is 0 Å². The Bertz CT molecular complexity index is 1070. The Hall–Kier alpha value is -3.49. The number of carbonyl (C=O) groups is 1. The number of anilines is 1. The number of amides is 1. The molecule has 32 heavy (non-hydrogen) atoms. The standard InChI is InChI=1S/C24H23BrN4O3/c1-2-31-22-15-18(21(25)16-23(22)32-13-8-26)14-19(17-27)24(30)29-11-9-28(10-12-29)20-6-4-3-5-7-20/h3-7,14-16H,2,9-13H2,1H3/b19-14-. The molecule has 7 nitrogen and oxygen atoms in total. The number of ether oxygens (including phenoxy) is 2. The van der Waals surface area contributed by atoms with Gasteiger partial charge >= 0.3 is 0 Å². The lowest BCUT2D eigenvalue weighted by Gasteiger charge is -2.36. The number of rotatable bonds is 7. The zero-order valence-corrected chi connectivity index (χ0v) is 19.3. The molecule has 2 aromatic rings. The van der Waals surface area contributed by atoms with Gasteiger partial charge in [-0.1, -0.05) is 34.1 Å². The molecule has 0 bridgehead atoms. The van der Waals surface area contributed by atoms with E-state index in [1.165, 1.54) is 0 Å². The Balaban J connectivity index is 1.77. The average molecular weight is 495 g/mol. The molecule has 1 fully saturated rings. The van der Waals surface area contributed by atoms with E-state index in [0.717, 1.165) is 5.69 Å². The summed E-state index contributed by atoms with van der Waals surface area (Å²) in [5.74, 6) is 0.563. The number of hydrogen-bond donors (Lipinski definition) is 0. The van der Waals surface area contributed by atoms with Crippen LogP contribution >= 0.6 is 15.9 Å². The fraction of sp³-hybridized carbons (Fsp3) is 0.292. The van der Waals surface area contributed by atoms with Gasteiger partial charge in [-0.3, -0.25) is 4.79 Å². The zero-order valence-electron chi connectivity index (χ0n) is 17.8. The van der Waals surface area contributed by atoms with E-state index < -0.39 is 0 Å². The topological polar surface area (TPSA) is 89.6 Å². The Kier molecular flexibility index (Phi) is 8.13. The summed E-state index contributed by atoms with van der Waals surface area (Å²) in [7, 11) is 0. The summed E-state index contributed by atoms with van der Waals surface area (Å²) >= 11 is 3.46. The first kappa shape index (κ1) is 23.2. The number of para-hydroxylation sites is 1. The Morgan fingerprint density at radius 3 is 2.41 bits per heavy atom. The molecule has 1 saturated heterocycles. The smallest absolute Gasteiger partial charge is 0.264 e. The largest absolute Gasteiger partial charge is 0.490 e. The van der Waals surface area contributed by atoms with Gasteiger partial charge in [0.25, 0.3) is 5.91 Å². The number of nitrogens with zero attached hydrogens (tertiary/aromatic N) is 4. The van der Waals surface area contributed by atoms with E-state index in [1.54, 1.807) is 23.1 Å². The molecule has 8 heteroatoms. The van der Waals surface area contributed by atoms with Gasteiger partial charge < -0.3 is 19.3 Å². The summed E-state index contributed by atoms with van der Waals surface area (Å²) in [5.41, 5.74) is 1.79. The second-order valence-electron chi connectivity index (χ2n) is 6.98. The maximum Gasteiger partial charge on any atom is 0.264 e. The van der Waals surface area contributed by atoms with Gasteiger partial charge in [0.2, 0.25) is 0 Å². The minimum Gasteiger partial charge on any atom is -0.490 e. The SMILES string of the molecule is CCOc1cc(/C=C(/C#N)C(=O)N2CCN(c3ccccc3)CC2)c(Br)cc1OCC#N. The molecular weight excluding hydrogens is 472 g/mol. The Morgan fingerprint density at radius 1 is 1.09 bits per heavy atom. The quantitative estimate of drug-likeness (QED) is 0.426. The summed E-state index contributed by atoms with van der Waals surface area (Å²) in [5, 5.41) is 18.4. The molecule has 0 spiro atoms. The van der Waals surface area contributed by atoms with Crippen LogP contribution in [0, 0.1) is 22.7 Å². The van der Waals surface area contributed by atoms with Gasteiger partial charge in [0.05, 0.1) is 6.61 Å². The summed E-state index contributed by atoms with van der Waals surface area (Å²) in [6.07, 6.45) is 1.55. The van der Waals surface area contributed by atoms with Gasteiger partial charge in [-0.05, 0) is 42.8 Å². The maximum atomic E-state index is 13.0.